The SMILES string of the molecule is CC(C)/C(C=N)=N/NC1CC1. The normalized spacial score (nSPS) is 18.6. The second kappa shape index (κ2) is 3.51. The standard InChI is InChI=1S/C8H15N3/c1-6(2)8(5-9)11-10-7-3-4-7/h5-7,9-10H,3-4H2,1-2H3/b9-5?,11-8+. The summed E-state index contributed by atoms with van der Waals surface area (Å²) >= 11 is 0. The van der Waals surface area contributed by atoms with Crippen LogP contribution in [0.2, 0.25) is 0 Å². The van der Waals surface area contributed by atoms with Gasteiger partial charge in [0.2, 0.25) is 0 Å². The lowest BCUT2D eigenvalue weighted by atomic mass is 10.1. The van der Waals surface area contributed by atoms with Crippen LogP contribution in [0.5, 0.6) is 0 Å². The first kappa shape index (κ1) is 8.24. The highest BCUT2D eigenvalue weighted by molar-refractivity contribution is 6.30. The van der Waals surface area contributed by atoms with E-state index in [-0.39, 0.29) is 0 Å². The third-order valence-corrected chi connectivity index (χ3v) is 1.69. The molecule has 1 aliphatic rings. The van der Waals surface area contributed by atoms with Gasteiger partial charge in [0, 0.05) is 12.3 Å². The number of hydrogen-bond donors (Lipinski definition) is 2. The van der Waals surface area contributed by atoms with Gasteiger partial charge >= 0.3 is 0 Å². The van der Waals surface area contributed by atoms with Gasteiger partial charge in [-0.1, -0.05) is 13.8 Å². The lowest BCUT2D eigenvalue weighted by molar-refractivity contribution is 0.725. The number of nitrogens with one attached hydrogen (secondary N) is 2. The van der Waals surface area contributed by atoms with Gasteiger partial charge < -0.3 is 10.8 Å². The summed E-state index contributed by atoms with van der Waals surface area (Å²) < 4.78 is 0. The Labute approximate surface area is 67.4 Å². The molecule has 0 aromatic heterocycles. The van der Waals surface area contributed by atoms with Gasteiger partial charge in [0.05, 0.1) is 5.71 Å². The average molecular weight is 153 g/mol. The molecule has 1 saturated carbocycles. The summed E-state index contributed by atoms with van der Waals surface area (Å²) in [6.45, 7) is 4.08. The van der Waals surface area contributed by atoms with Gasteiger partial charge in [-0.2, -0.15) is 5.10 Å². The maximum absolute atomic E-state index is 7.06. The van der Waals surface area contributed by atoms with Gasteiger partial charge in [0.25, 0.3) is 0 Å². The van der Waals surface area contributed by atoms with E-state index in [1.165, 1.54) is 19.1 Å². The largest absolute Gasteiger partial charge is 0.307 e. The van der Waals surface area contributed by atoms with Gasteiger partial charge in [0.15, 0.2) is 0 Å². The molecule has 62 valence electrons. The molecule has 11 heavy (non-hydrogen) atoms. The number of hydrazone groups is 1. The quantitative estimate of drug-likeness (QED) is 0.465. The summed E-state index contributed by atoms with van der Waals surface area (Å²) in [4.78, 5) is 0. The van der Waals surface area contributed by atoms with E-state index in [2.05, 4.69) is 10.5 Å². The Hall–Kier alpha value is -0.860. The molecule has 0 aromatic carbocycles. The smallest absolute Gasteiger partial charge is 0.0803 e. The van der Waals surface area contributed by atoms with Gasteiger partial charge in [-0.15, -0.1) is 0 Å². The zero-order chi connectivity index (χ0) is 8.27. The average Bonchev–Trinajstić information content (AvgIpc) is 2.72. The van der Waals surface area contributed by atoms with Crippen molar-refractivity contribution in [3.8, 4) is 0 Å². The summed E-state index contributed by atoms with van der Waals surface area (Å²) in [5, 5.41) is 11.2. The van der Waals surface area contributed by atoms with Crippen LogP contribution < -0.4 is 5.43 Å². The molecule has 3 nitrogen and oxygen atoms in total. The van der Waals surface area contributed by atoms with Crippen LogP contribution in [0.4, 0.5) is 0 Å². The Morgan fingerprint density at radius 1 is 1.64 bits per heavy atom. The maximum atomic E-state index is 7.06. The van der Waals surface area contributed by atoms with E-state index in [1.807, 2.05) is 13.8 Å². The minimum atomic E-state index is 0.346. The van der Waals surface area contributed by atoms with E-state index in [4.69, 9.17) is 5.41 Å². The fourth-order valence-corrected chi connectivity index (χ4v) is 0.706. The lowest BCUT2D eigenvalue weighted by Crippen LogP contribution is -2.17. The highest BCUT2D eigenvalue weighted by Gasteiger charge is 2.20. The number of nitrogens with zero attached hydrogens (tertiary/aromatic N) is 1. The molecule has 3 heteroatoms. The van der Waals surface area contributed by atoms with Crippen molar-refractivity contribution in [2.45, 2.75) is 32.7 Å². The molecule has 0 aromatic rings. The molecule has 2 N–H and O–H groups in total. The molecule has 1 fully saturated rings. The van der Waals surface area contributed by atoms with E-state index in [9.17, 15) is 0 Å². The fourth-order valence-electron chi connectivity index (χ4n) is 0.706. The molecule has 0 saturated heterocycles. The summed E-state index contributed by atoms with van der Waals surface area (Å²) in [7, 11) is 0. The fraction of sp³-hybridized carbons (Fsp3) is 0.750. The molecule has 1 aliphatic carbocycles. The Balaban J connectivity index is 2.37. The van der Waals surface area contributed by atoms with Gasteiger partial charge in [-0.3, -0.25) is 0 Å². The second-order valence-corrected chi connectivity index (χ2v) is 3.24. The topological polar surface area (TPSA) is 48.2 Å². The van der Waals surface area contributed by atoms with Crippen molar-refractivity contribution < 1.29 is 0 Å². The molecule has 0 heterocycles. The minimum absolute atomic E-state index is 0.346. The predicted octanol–water partition coefficient (Wildman–Crippen LogP) is 1.40. The zero-order valence-electron chi connectivity index (χ0n) is 7.09. The predicted molar refractivity (Wildman–Crippen MR) is 47.2 cm³/mol. The molecule has 0 atom stereocenters. The van der Waals surface area contributed by atoms with Crippen LogP contribution in [0.15, 0.2) is 5.10 Å². The van der Waals surface area contributed by atoms with E-state index >= 15 is 0 Å². The highest BCUT2D eigenvalue weighted by atomic mass is 15.3. The molecule has 1 rings (SSSR count). The Morgan fingerprint density at radius 2 is 2.27 bits per heavy atom. The van der Waals surface area contributed by atoms with Gasteiger partial charge in [-0.25, -0.2) is 0 Å². The van der Waals surface area contributed by atoms with Crippen LogP contribution in [0, 0.1) is 11.3 Å². The van der Waals surface area contributed by atoms with Crippen molar-refractivity contribution in [2.24, 2.45) is 11.0 Å². The Bertz CT molecular complexity index is 168. The number of rotatable bonds is 4. The molecule has 0 radical (unpaired) electrons. The summed E-state index contributed by atoms with van der Waals surface area (Å²) in [6, 6.07) is 0.587. The number of hydrogen-bond acceptors (Lipinski definition) is 3. The van der Waals surface area contributed by atoms with Crippen molar-refractivity contribution in [3.05, 3.63) is 0 Å². The van der Waals surface area contributed by atoms with Crippen LogP contribution >= 0.6 is 0 Å². The molecule has 0 spiro atoms. The van der Waals surface area contributed by atoms with Crippen molar-refractivity contribution in [1.29, 1.82) is 5.41 Å². The van der Waals surface area contributed by atoms with Crippen LogP contribution in [0.1, 0.15) is 26.7 Å². The van der Waals surface area contributed by atoms with Crippen LogP contribution in [0.25, 0.3) is 0 Å². The zero-order valence-corrected chi connectivity index (χ0v) is 7.09. The van der Waals surface area contributed by atoms with E-state index in [0.717, 1.165) is 5.71 Å². The van der Waals surface area contributed by atoms with E-state index < -0.39 is 0 Å². The monoisotopic (exact) mass is 153 g/mol. The Morgan fingerprint density at radius 3 is 2.64 bits per heavy atom. The minimum Gasteiger partial charge on any atom is -0.307 e. The second-order valence-electron chi connectivity index (χ2n) is 3.24. The third-order valence-electron chi connectivity index (χ3n) is 1.69. The van der Waals surface area contributed by atoms with Crippen molar-refractivity contribution >= 4 is 11.9 Å². The summed E-state index contributed by atoms with van der Waals surface area (Å²) in [6.07, 6.45) is 3.78. The third kappa shape index (κ3) is 2.70. The molecular formula is C8H15N3. The highest BCUT2D eigenvalue weighted by Crippen LogP contribution is 2.18. The van der Waals surface area contributed by atoms with Crippen molar-refractivity contribution in [1.82, 2.24) is 5.43 Å². The maximum Gasteiger partial charge on any atom is 0.0803 e. The molecule has 0 bridgehead atoms. The van der Waals surface area contributed by atoms with Crippen LogP contribution in [0.3, 0.4) is 0 Å². The molecule has 0 amide bonds. The molecule has 0 unspecified atom stereocenters. The van der Waals surface area contributed by atoms with E-state index in [1.54, 1.807) is 0 Å². The van der Waals surface area contributed by atoms with Crippen molar-refractivity contribution in [2.75, 3.05) is 0 Å². The first-order valence-corrected chi connectivity index (χ1v) is 4.07. The molecule has 0 aliphatic heterocycles. The van der Waals surface area contributed by atoms with Crippen molar-refractivity contribution in [3.63, 3.8) is 0 Å². The summed E-state index contributed by atoms with van der Waals surface area (Å²) in [5.74, 6) is 0.346. The first-order valence-electron chi connectivity index (χ1n) is 4.07. The first-order chi connectivity index (χ1) is 5.24. The van der Waals surface area contributed by atoms with E-state index in [0.29, 0.717) is 12.0 Å². The Kier molecular flexibility index (Phi) is 2.63. The van der Waals surface area contributed by atoms with Gasteiger partial charge in [-0.05, 0) is 18.8 Å². The van der Waals surface area contributed by atoms with Gasteiger partial charge in [0.1, 0.15) is 0 Å². The molecular weight excluding hydrogens is 138 g/mol. The summed E-state index contributed by atoms with van der Waals surface area (Å²) in [5.41, 5.74) is 3.86. The van der Waals surface area contributed by atoms with Crippen LogP contribution in [-0.4, -0.2) is 18.0 Å². The van der Waals surface area contributed by atoms with Crippen LogP contribution in [-0.2, 0) is 0 Å². The lowest BCUT2D eigenvalue weighted by Gasteiger charge is -2.03.